The molecule has 2 rings (SSSR count). The van der Waals surface area contributed by atoms with E-state index in [0.29, 0.717) is 6.07 Å². The molecule has 0 fully saturated rings. The van der Waals surface area contributed by atoms with E-state index in [0.717, 1.165) is 24.3 Å². The van der Waals surface area contributed by atoms with Gasteiger partial charge in [0, 0.05) is 6.07 Å². The molecule has 0 aromatic heterocycles. The first-order valence-corrected chi connectivity index (χ1v) is 6.05. The summed E-state index contributed by atoms with van der Waals surface area (Å²) in [4.78, 5) is 0. The summed E-state index contributed by atoms with van der Waals surface area (Å²) >= 11 is 0. The van der Waals surface area contributed by atoms with E-state index in [1.807, 2.05) is 0 Å². The molecule has 2 aromatic carbocycles. The van der Waals surface area contributed by atoms with E-state index in [4.69, 9.17) is 10.5 Å². The van der Waals surface area contributed by atoms with Gasteiger partial charge in [-0.25, -0.2) is 0 Å². The van der Waals surface area contributed by atoms with Crippen molar-refractivity contribution in [3.8, 4) is 17.2 Å². The first-order valence-electron chi connectivity index (χ1n) is 6.05. The third kappa shape index (κ3) is 4.70. The van der Waals surface area contributed by atoms with Crippen molar-refractivity contribution < 1.29 is 35.8 Å². The van der Waals surface area contributed by atoms with Crippen LogP contribution in [0.25, 0.3) is 0 Å². The second kappa shape index (κ2) is 5.90. The van der Waals surface area contributed by atoms with Gasteiger partial charge in [-0.1, -0.05) is 6.07 Å². The zero-order valence-electron chi connectivity index (χ0n) is 11.2. The van der Waals surface area contributed by atoms with Crippen LogP contribution in [0.15, 0.2) is 42.5 Å². The Morgan fingerprint density at radius 3 is 2.09 bits per heavy atom. The maximum absolute atomic E-state index is 12.6. The second-order valence-electron chi connectivity index (χ2n) is 4.38. The molecule has 0 radical (unpaired) electrons. The Kier molecular flexibility index (Phi) is 4.31. The molecule has 3 nitrogen and oxygen atoms in total. The van der Waals surface area contributed by atoms with Gasteiger partial charge in [0.25, 0.3) is 0 Å². The lowest BCUT2D eigenvalue weighted by Crippen LogP contribution is -2.17. The lowest BCUT2D eigenvalue weighted by atomic mass is 10.2. The largest absolute Gasteiger partial charge is 0.573 e. The number of halogens is 6. The minimum Gasteiger partial charge on any atom is -0.455 e. The lowest BCUT2D eigenvalue weighted by molar-refractivity contribution is -0.274. The molecule has 0 amide bonds. The smallest absolute Gasteiger partial charge is 0.455 e. The highest BCUT2D eigenvalue weighted by molar-refractivity contribution is 5.56. The molecule has 0 atom stereocenters. The monoisotopic (exact) mass is 337 g/mol. The Morgan fingerprint density at radius 2 is 1.48 bits per heavy atom. The number of nitrogens with two attached hydrogens (primary N) is 1. The Balaban J connectivity index is 2.27. The number of anilines is 1. The van der Waals surface area contributed by atoms with Crippen molar-refractivity contribution in [1.29, 1.82) is 0 Å². The second-order valence-corrected chi connectivity index (χ2v) is 4.38. The molecule has 0 bridgehead atoms. The summed E-state index contributed by atoms with van der Waals surface area (Å²) in [5.74, 6) is -1.05. The summed E-state index contributed by atoms with van der Waals surface area (Å²) < 4.78 is 83.2. The van der Waals surface area contributed by atoms with Gasteiger partial charge in [-0.05, 0) is 30.3 Å². The highest BCUT2D eigenvalue weighted by atomic mass is 19.4. The fraction of sp³-hybridized carbons (Fsp3) is 0.143. The fourth-order valence-corrected chi connectivity index (χ4v) is 1.66. The van der Waals surface area contributed by atoms with Crippen LogP contribution in [0.4, 0.5) is 32.0 Å². The third-order valence-corrected chi connectivity index (χ3v) is 2.61. The number of benzene rings is 2. The van der Waals surface area contributed by atoms with E-state index >= 15 is 0 Å². The zero-order valence-corrected chi connectivity index (χ0v) is 11.2. The van der Waals surface area contributed by atoms with Gasteiger partial charge in [-0.15, -0.1) is 13.2 Å². The van der Waals surface area contributed by atoms with Crippen molar-refractivity contribution in [2.45, 2.75) is 12.5 Å². The van der Waals surface area contributed by atoms with Gasteiger partial charge in [0.2, 0.25) is 0 Å². The Labute approximate surface area is 126 Å². The van der Waals surface area contributed by atoms with E-state index in [-0.39, 0.29) is 17.2 Å². The standard InChI is InChI=1S/C14H9F6NO2/c15-13(16,17)8-4-5-11(21)12(6-8)22-9-2-1-3-10(7-9)23-14(18,19)20/h1-7H,21H2. The van der Waals surface area contributed by atoms with Crippen molar-refractivity contribution in [2.24, 2.45) is 0 Å². The molecular formula is C14H9F6NO2. The number of hydrogen-bond donors (Lipinski definition) is 1. The van der Waals surface area contributed by atoms with Crippen LogP contribution in [0.1, 0.15) is 5.56 Å². The fourth-order valence-electron chi connectivity index (χ4n) is 1.66. The van der Waals surface area contributed by atoms with Crippen molar-refractivity contribution in [3.63, 3.8) is 0 Å². The predicted molar refractivity (Wildman–Crippen MR) is 69.1 cm³/mol. The van der Waals surface area contributed by atoms with E-state index in [2.05, 4.69) is 4.74 Å². The summed E-state index contributed by atoms with van der Waals surface area (Å²) in [6.45, 7) is 0. The summed E-state index contributed by atoms with van der Waals surface area (Å²) in [6, 6.07) is 6.78. The SMILES string of the molecule is Nc1ccc(C(F)(F)F)cc1Oc1cccc(OC(F)(F)F)c1. The van der Waals surface area contributed by atoms with Crippen LogP contribution in [0.2, 0.25) is 0 Å². The molecule has 0 unspecified atom stereocenters. The summed E-state index contributed by atoms with van der Waals surface area (Å²) in [5.41, 5.74) is 4.42. The number of alkyl halides is 6. The summed E-state index contributed by atoms with van der Waals surface area (Å²) in [5, 5.41) is 0. The maximum Gasteiger partial charge on any atom is 0.573 e. The molecule has 124 valence electrons. The highest BCUT2D eigenvalue weighted by Crippen LogP contribution is 2.36. The predicted octanol–water partition coefficient (Wildman–Crippen LogP) is 4.98. The minimum atomic E-state index is -4.89. The number of hydrogen-bond acceptors (Lipinski definition) is 3. The minimum absolute atomic E-state index is 0.0971. The number of rotatable bonds is 3. The third-order valence-electron chi connectivity index (χ3n) is 2.61. The van der Waals surface area contributed by atoms with Crippen LogP contribution in [-0.2, 0) is 6.18 Å². The van der Waals surface area contributed by atoms with Gasteiger partial charge in [0.1, 0.15) is 11.5 Å². The van der Waals surface area contributed by atoms with Crippen molar-refractivity contribution in [1.82, 2.24) is 0 Å². The van der Waals surface area contributed by atoms with Gasteiger partial charge in [-0.2, -0.15) is 13.2 Å². The van der Waals surface area contributed by atoms with Gasteiger partial charge in [0.05, 0.1) is 11.3 Å². The Morgan fingerprint density at radius 1 is 0.826 bits per heavy atom. The molecule has 0 heterocycles. The average Bonchev–Trinajstić information content (AvgIpc) is 2.38. The van der Waals surface area contributed by atoms with Crippen molar-refractivity contribution >= 4 is 5.69 Å². The topological polar surface area (TPSA) is 44.5 Å². The van der Waals surface area contributed by atoms with Crippen LogP contribution in [0.5, 0.6) is 17.2 Å². The summed E-state index contributed by atoms with van der Waals surface area (Å²) in [7, 11) is 0. The highest BCUT2D eigenvalue weighted by Gasteiger charge is 2.32. The van der Waals surface area contributed by atoms with Crippen LogP contribution >= 0.6 is 0 Å². The quantitative estimate of drug-likeness (QED) is 0.635. The molecule has 2 N–H and O–H groups in total. The van der Waals surface area contributed by atoms with Crippen LogP contribution in [-0.4, -0.2) is 6.36 Å². The first kappa shape index (κ1) is 16.8. The van der Waals surface area contributed by atoms with Crippen LogP contribution in [0, 0.1) is 0 Å². The molecule has 0 saturated heterocycles. The van der Waals surface area contributed by atoms with Gasteiger partial charge in [0.15, 0.2) is 5.75 Å². The number of nitrogen functional groups attached to an aromatic ring is 1. The average molecular weight is 337 g/mol. The first-order chi connectivity index (χ1) is 10.5. The van der Waals surface area contributed by atoms with E-state index in [1.165, 1.54) is 12.1 Å². The van der Waals surface area contributed by atoms with E-state index in [9.17, 15) is 26.3 Å². The molecule has 9 heteroatoms. The lowest BCUT2D eigenvalue weighted by Gasteiger charge is -2.13. The van der Waals surface area contributed by atoms with Crippen molar-refractivity contribution in [2.75, 3.05) is 5.73 Å². The molecule has 0 saturated carbocycles. The van der Waals surface area contributed by atoms with Gasteiger partial charge in [-0.3, -0.25) is 0 Å². The normalized spacial score (nSPS) is 12.1. The number of ether oxygens (including phenoxy) is 2. The van der Waals surface area contributed by atoms with Crippen LogP contribution < -0.4 is 15.2 Å². The zero-order chi connectivity index (χ0) is 17.3. The molecule has 2 aromatic rings. The maximum atomic E-state index is 12.6. The van der Waals surface area contributed by atoms with Crippen LogP contribution in [0.3, 0.4) is 0 Å². The molecule has 23 heavy (non-hydrogen) atoms. The molecule has 0 aliphatic heterocycles. The van der Waals surface area contributed by atoms with E-state index < -0.39 is 23.9 Å². The Bertz CT molecular complexity index is 696. The molecule has 0 spiro atoms. The summed E-state index contributed by atoms with van der Waals surface area (Å²) in [6.07, 6.45) is -9.50. The van der Waals surface area contributed by atoms with Gasteiger partial charge < -0.3 is 15.2 Å². The Hall–Kier alpha value is -2.58. The van der Waals surface area contributed by atoms with Gasteiger partial charge >= 0.3 is 12.5 Å². The molecule has 0 aliphatic rings. The molecule has 0 aliphatic carbocycles. The van der Waals surface area contributed by atoms with Crippen molar-refractivity contribution in [3.05, 3.63) is 48.0 Å². The molecular weight excluding hydrogens is 328 g/mol. The van der Waals surface area contributed by atoms with E-state index in [1.54, 1.807) is 0 Å².